The van der Waals surface area contributed by atoms with E-state index in [1.165, 1.54) is 31.4 Å². The van der Waals surface area contributed by atoms with Crippen molar-refractivity contribution in [2.75, 3.05) is 12.4 Å². The maximum atomic E-state index is 12.6. The first-order chi connectivity index (χ1) is 12.4. The molecule has 1 amide bonds. The van der Waals surface area contributed by atoms with E-state index in [-0.39, 0.29) is 22.6 Å². The van der Waals surface area contributed by atoms with Crippen LogP contribution in [0.15, 0.2) is 42.5 Å². The molecule has 3 aromatic rings. The Morgan fingerprint density at radius 1 is 1.23 bits per heavy atom. The Morgan fingerprint density at radius 3 is 2.62 bits per heavy atom. The largest absolute Gasteiger partial charge is 0.497 e. The van der Waals surface area contributed by atoms with Gasteiger partial charge in [-0.3, -0.25) is 14.9 Å². The summed E-state index contributed by atoms with van der Waals surface area (Å²) in [5.41, 5.74) is -0.304. The van der Waals surface area contributed by atoms with E-state index in [0.29, 0.717) is 16.7 Å². The van der Waals surface area contributed by atoms with Crippen molar-refractivity contribution < 1.29 is 24.4 Å². The van der Waals surface area contributed by atoms with Gasteiger partial charge in [-0.25, -0.2) is 4.79 Å². The lowest BCUT2D eigenvalue weighted by atomic mass is 10.1. The molecule has 132 valence electrons. The molecule has 0 aliphatic heterocycles. The maximum absolute atomic E-state index is 12.6. The third kappa shape index (κ3) is 2.93. The lowest BCUT2D eigenvalue weighted by Gasteiger charge is -2.07. The Labute approximate surface area is 146 Å². The molecule has 0 unspecified atom stereocenters. The first kappa shape index (κ1) is 17.0. The average molecular weight is 355 g/mol. The number of amides is 1. The summed E-state index contributed by atoms with van der Waals surface area (Å²) in [6.45, 7) is 0. The zero-order valence-electron chi connectivity index (χ0n) is 13.5. The highest BCUT2D eigenvalue weighted by atomic mass is 16.6. The van der Waals surface area contributed by atoms with Gasteiger partial charge in [-0.15, -0.1) is 0 Å². The zero-order chi connectivity index (χ0) is 18.8. The summed E-state index contributed by atoms with van der Waals surface area (Å²) in [5.74, 6) is -1.60. The second-order valence-electron chi connectivity index (χ2n) is 5.32. The number of benzene rings is 2. The van der Waals surface area contributed by atoms with E-state index in [4.69, 9.17) is 4.74 Å². The third-order valence-corrected chi connectivity index (χ3v) is 3.80. The van der Waals surface area contributed by atoms with Gasteiger partial charge in [0.2, 0.25) is 0 Å². The molecule has 0 spiro atoms. The number of carbonyl (C=O) groups is 2. The molecular weight excluding hydrogens is 342 g/mol. The van der Waals surface area contributed by atoms with E-state index in [9.17, 15) is 24.8 Å². The zero-order valence-corrected chi connectivity index (χ0v) is 13.5. The van der Waals surface area contributed by atoms with Gasteiger partial charge < -0.3 is 20.1 Å². The van der Waals surface area contributed by atoms with E-state index in [1.807, 2.05) is 0 Å². The van der Waals surface area contributed by atoms with Crippen LogP contribution in [0, 0.1) is 10.1 Å². The van der Waals surface area contributed by atoms with Crippen LogP contribution in [-0.2, 0) is 0 Å². The minimum atomic E-state index is -1.28. The number of anilines is 1. The van der Waals surface area contributed by atoms with E-state index < -0.39 is 16.8 Å². The Hall–Kier alpha value is -3.88. The molecule has 3 rings (SSSR count). The molecule has 9 nitrogen and oxygen atoms in total. The lowest BCUT2D eigenvalue weighted by Crippen LogP contribution is -2.15. The highest BCUT2D eigenvalue weighted by Crippen LogP contribution is 2.32. The number of aromatic nitrogens is 1. The number of nitrogens with one attached hydrogen (secondary N) is 2. The molecule has 0 atom stereocenters. The number of fused-ring (bicyclic) bond motifs is 1. The van der Waals surface area contributed by atoms with Crippen LogP contribution in [0.25, 0.3) is 10.9 Å². The number of methoxy groups -OCH3 is 1. The number of carboxylic acids is 1. The second-order valence-corrected chi connectivity index (χ2v) is 5.32. The predicted octanol–water partition coefficient (Wildman–Crippen LogP) is 3.04. The summed E-state index contributed by atoms with van der Waals surface area (Å²) in [4.78, 5) is 37.2. The summed E-state index contributed by atoms with van der Waals surface area (Å²) in [6, 6.07) is 10.2. The SMILES string of the molecule is COc1ccc2[nH]c(C(=O)O)c(NC(=O)c3ccccc3[N+](=O)[O-])c2c1. The van der Waals surface area contributed by atoms with Gasteiger partial charge in [-0.1, -0.05) is 12.1 Å². The van der Waals surface area contributed by atoms with Gasteiger partial charge in [0.15, 0.2) is 0 Å². The van der Waals surface area contributed by atoms with Crippen molar-refractivity contribution in [3.8, 4) is 5.75 Å². The number of carbonyl (C=O) groups excluding carboxylic acids is 1. The highest BCUT2D eigenvalue weighted by molar-refractivity contribution is 6.15. The minimum Gasteiger partial charge on any atom is -0.497 e. The van der Waals surface area contributed by atoms with Crippen LogP contribution < -0.4 is 10.1 Å². The van der Waals surface area contributed by atoms with Gasteiger partial charge >= 0.3 is 5.97 Å². The van der Waals surface area contributed by atoms with Crippen LogP contribution in [0.2, 0.25) is 0 Å². The number of ether oxygens (including phenoxy) is 1. The molecule has 2 aromatic carbocycles. The third-order valence-electron chi connectivity index (χ3n) is 3.80. The van der Waals surface area contributed by atoms with Crippen molar-refractivity contribution in [3.63, 3.8) is 0 Å². The number of aromatic carboxylic acids is 1. The molecule has 0 aliphatic rings. The van der Waals surface area contributed by atoms with Crippen molar-refractivity contribution in [3.05, 3.63) is 63.8 Å². The number of hydrogen-bond acceptors (Lipinski definition) is 5. The molecule has 26 heavy (non-hydrogen) atoms. The van der Waals surface area contributed by atoms with Crippen molar-refractivity contribution in [1.29, 1.82) is 0 Å². The van der Waals surface area contributed by atoms with Crippen LogP contribution in [-0.4, -0.2) is 34.0 Å². The number of aromatic amines is 1. The molecule has 0 aliphatic carbocycles. The van der Waals surface area contributed by atoms with E-state index >= 15 is 0 Å². The van der Waals surface area contributed by atoms with Crippen LogP contribution in [0.4, 0.5) is 11.4 Å². The van der Waals surface area contributed by atoms with Gasteiger partial charge in [0.25, 0.3) is 11.6 Å². The van der Waals surface area contributed by atoms with Gasteiger partial charge in [-0.05, 0) is 24.3 Å². The van der Waals surface area contributed by atoms with Crippen molar-refractivity contribution in [2.45, 2.75) is 0 Å². The fourth-order valence-corrected chi connectivity index (χ4v) is 2.59. The van der Waals surface area contributed by atoms with E-state index in [2.05, 4.69) is 10.3 Å². The minimum absolute atomic E-state index is 0.00884. The maximum Gasteiger partial charge on any atom is 0.354 e. The molecule has 9 heteroatoms. The number of rotatable bonds is 5. The quantitative estimate of drug-likeness (QED) is 0.475. The Kier molecular flexibility index (Phi) is 4.27. The van der Waals surface area contributed by atoms with Crippen molar-refractivity contribution in [1.82, 2.24) is 4.98 Å². The van der Waals surface area contributed by atoms with Crippen LogP contribution >= 0.6 is 0 Å². The summed E-state index contributed by atoms with van der Waals surface area (Å²) in [5, 5.41) is 23.4. The number of hydrogen-bond donors (Lipinski definition) is 3. The average Bonchev–Trinajstić information content (AvgIpc) is 2.99. The number of H-pyrrole nitrogens is 1. The molecule has 3 N–H and O–H groups in total. The van der Waals surface area contributed by atoms with Crippen molar-refractivity contribution in [2.24, 2.45) is 0 Å². The van der Waals surface area contributed by atoms with Gasteiger partial charge in [0.05, 0.1) is 17.7 Å². The van der Waals surface area contributed by atoms with Crippen LogP contribution in [0.5, 0.6) is 5.75 Å². The van der Waals surface area contributed by atoms with Gasteiger partial charge in [-0.2, -0.15) is 0 Å². The van der Waals surface area contributed by atoms with Gasteiger partial charge in [0.1, 0.15) is 17.0 Å². The normalized spacial score (nSPS) is 10.5. The fraction of sp³-hybridized carbons (Fsp3) is 0.0588. The first-order valence-electron chi connectivity index (χ1n) is 7.40. The Bertz CT molecular complexity index is 1040. The number of nitrogens with zero attached hydrogens (tertiary/aromatic N) is 1. The molecule has 1 heterocycles. The topological polar surface area (TPSA) is 135 Å². The fourth-order valence-electron chi connectivity index (χ4n) is 2.59. The van der Waals surface area contributed by atoms with Gasteiger partial charge in [0, 0.05) is 17.0 Å². The Morgan fingerprint density at radius 2 is 1.96 bits per heavy atom. The standard InChI is InChI=1S/C17H13N3O6/c1-26-9-6-7-12-11(8-9)14(15(18-12)17(22)23)19-16(21)10-4-2-3-5-13(10)20(24)25/h2-8,18H,1H3,(H,19,21)(H,22,23). The molecule has 0 bridgehead atoms. The molecule has 0 radical (unpaired) electrons. The van der Waals surface area contributed by atoms with E-state index in [1.54, 1.807) is 18.2 Å². The van der Waals surface area contributed by atoms with Crippen molar-refractivity contribution >= 4 is 34.2 Å². The molecule has 1 aromatic heterocycles. The molecule has 0 saturated heterocycles. The summed E-state index contributed by atoms with van der Waals surface area (Å²) >= 11 is 0. The second kappa shape index (κ2) is 6.55. The predicted molar refractivity (Wildman–Crippen MR) is 92.9 cm³/mol. The summed E-state index contributed by atoms with van der Waals surface area (Å²) in [6.07, 6.45) is 0. The number of carboxylic acid groups (broad SMARTS) is 1. The molecule has 0 saturated carbocycles. The smallest absolute Gasteiger partial charge is 0.354 e. The summed E-state index contributed by atoms with van der Waals surface area (Å²) < 4.78 is 5.12. The first-order valence-corrected chi connectivity index (χ1v) is 7.40. The lowest BCUT2D eigenvalue weighted by molar-refractivity contribution is -0.385. The summed E-state index contributed by atoms with van der Waals surface area (Å²) in [7, 11) is 1.46. The Balaban J connectivity index is 2.10. The monoisotopic (exact) mass is 355 g/mol. The highest BCUT2D eigenvalue weighted by Gasteiger charge is 2.24. The number of nitro groups is 1. The van der Waals surface area contributed by atoms with E-state index in [0.717, 1.165) is 0 Å². The van der Waals surface area contributed by atoms with Crippen LogP contribution in [0.1, 0.15) is 20.8 Å². The number of nitro benzene ring substituents is 1. The molecular formula is C17H13N3O6. The van der Waals surface area contributed by atoms with Crippen LogP contribution in [0.3, 0.4) is 0 Å². The number of para-hydroxylation sites is 1. The molecule has 0 fully saturated rings.